The van der Waals surface area contributed by atoms with E-state index in [-0.39, 0.29) is 11.7 Å². The van der Waals surface area contributed by atoms with Crippen molar-refractivity contribution in [1.29, 1.82) is 0 Å². The van der Waals surface area contributed by atoms with Crippen molar-refractivity contribution in [2.75, 3.05) is 7.11 Å². The molecule has 120 valence electrons. The predicted molar refractivity (Wildman–Crippen MR) is 88.3 cm³/mol. The molecule has 0 aromatic heterocycles. The van der Waals surface area contributed by atoms with Crippen LogP contribution in [0.3, 0.4) is 0 Å². The summed E-state index contributed by atoms with van der Waals surface area (Å²) in [5, 5.41) is 9.51. The summed E-state index contributed by atoms with van der Waals surface area (Å²) in [5.74, 6) is 0.226. The number of carboxylic acid groups (broad SMARTS) is 1. The van der Waals surface area contributed by atoms with E-state index in [0.29, 0.717) is 5.75 Å². The second-order valence-corrected chi connectivity index (χ2v) is 5.77. The first-order valence-corrected chi connectivity index (χ1v) is 7.86. The molecule has 3 rings (SSSR count). The first-order valence-electron chi connectivity index (χ1n) is 7.86. The molecule has 0 bridgehead atoms. The Morgan fingerprint density at radius 3 is 2.52 bits per heavy atom. The van der Waals surface area contributed by atoms with Gasteiger partial charge in [-0.25, -0.2) is 4.79 Å². The molecule has 0 unspecified atom stereocenters. The second-order valence-electron chi connectivity index (χ2n) is 5.77. The first-order chi connectivity index (χ1) is 11.2. The van der Waals surface area contributed by atoms with E-state index < -0.39 is 5.97 Å². The molecule has 4 heteroatoms. The maximum absolute atomic E-state index is 11.6. The van der Waals surface area contributed by atoms with Gasteiger partial charge in [-0.15, -0.1) is 0 Å². The Morgan fingerprint density at radius 2 is 1.83 bits per heavy atom. The molecule has 0 aliphatic heterocycles. The summed E-state index contributed by atoms with van der Waals surface area (Å²) in [6, 6.07) is 12.9. The van der Waals surface area contributed by atoms with E-state index in [0.717, 1.165) is 42.6 Å². The number of benzene rings is 2. The summed E-state index contributed by atoms with van der Waals surface area (Å²) in [7, 11) is 1.61. The van der Waals surface area contributed by atoms with Gasteiger partial charge in [0.15, 0.2) is 0 Å². The molecule has 1 fully saturated rings. The van der Waals surface area contributed by atoms with Crippen LogP contribution in [0.25, 0.3) is 11.1 Å². The monoisotopic (exact) mass is 312 g/mol. The minimum absolute atomic E-state index is 0.135. The van der Waals surface area contributed by atoms with Gasteiger partial charge in [0.25, 0.3) is 0 Å². The van der Waals surface area contributed by atoms with Gasteiger partial charge in [0.05, 0.1) is 13.2 Å². The highest BCUT2D eigenvalue weighted by Gasteiger charge is 2.20. The number of carbonyl (C=O) groups is 1. The van der Waals surface area contributed by atoms with Crippen molar-refractivity contribution in [3.05, 3.63) is 48.0 Å². The molecule has 1 saturated carbocycles. The van der Waals surface area contributed by atoms with Crippen LogP contribution >= 0.6 is 0 Å². The van der Waals surface area contributed by atoms with Crippen LogP contribution < -0.4 is 9.47 Å². The zero-order chi connectivity index (χ0) is 16.2. The number of aromatic carboxylic acids is 1. The standard InChI is InChI=1S/C19H20O4/c1-22-16-8-4-5-13(11-16)14-9-10-18(17(12-14)19(20)21)23-15-6-2-3-7-15/h4-5,8-12,15H,2-3,6-7H2,1H3,(H,20,21). The number of hydrogen-bond acceptors (Lipinski definition) is 3. The van der Waals surface area contributed by atoms with Crippen LogP contribution in [-0.2, 0) is 0 Å². The molecule has 1 N–H and O–H groups in total. The second kappa shape index (κ2) is 6.73. The van der Waals surface area contributed by atoms with E-state index in [4.69, 9.17) is 9.47 Å². The number of hydrogen-bond donors (Lipinski definition) is 1. The Kier molecular flexibility index (Phi) is 4.51. The molecule has 0 spiro atoms. The van der Waals surface area contributed by atoms with Crippen molar-refractivity contribution >= 4 is 5.97 Å². The Morgan fingerprint density at radius 1 is 1.09 bits per heavy atom. The number of ether oxygens (including phenoxy) is 2. The van der Waals surface area contributed by atoms with E-state index in [2.05, 4.69) is 0 Å². The van der Waals surface area contributed by atoms with Gasteiger partial charge in [0, 0.05) is 0 Å². The molecule has 0 heterocycles. The summed E-state index contributed by atoms with van der Waals surface area (Å²) in [4.78, 5) is 11.6. The van der Waals surface area contributed by atoms with Gasteiger partial charge in [-0.05, 0) is 61.1 Å². The summed E-state index contributed by atoms with van der Waals surface area (Å²) in [5.41, 5.74) is 1.96. The van der Waals surface area contributed by atoms with Gasteiger partial charge in [-0.2, -0.15) is 0 Å². The molecular formula is C19H20O4. The van der Waals surface area contributed by atoms with Crippen LogP contribution in [0.2, 0.25) is 0 Å². The molecule has 2 aromatic rings. The Hall–Kier alpha value is -2.49. The van der Waals surface area contributed by atoms with Crippen molar-refractivity contribution in [3.8, 4) is 22.6 Å². The van der Waals surface area contributed by atoms with Gasteiger partial charge in [0.1, 0.15) is 17.1 Å². The SMILES string of the molecule is COc1cccc(-c2ccc(OC3CCCC3)c(C(=O)O)c2)c1. The van der Waals surface area contributed by atoms with Crippen molar-refractivity contribution in [3.63, 3.8) is 0 Å². The topological polar surface area (TPSA) is 55.8 Å². The Labute approximate surface area is 135 Å². The lowest BCUT2D eigenvalue weighted by molar-refractivity contribution is 0.0689. The zero-order valence-electron chi connectivity index (χ0n) is 13.1. The molecule has 1 aliphatic rings. The lowest BCUT2D eigenvalue weighted by atomic mass is 10.0. The highest BCUT2D eigenvalue weighted by molar-refractivity contribution is 5.92. The maximum atomic E-state index is 11.6. The van der Waals surface area contributed by atoms with Gasteiger partial charge in [-0.1, -0.05) is 18.2 Å². The molecule has 0 atom stereocenters. The number of methoxy groups -OCH3 is 1. The molecule has 0 radical (unpaired) electrons. The predicted octanol–water partition coefficient (Wildman–Crippen LogP) is 4.38. The van der Waals surface area contributed by atoms with Crippen LogP contribution in [0, 0.1) is 0 Å². The average Bonchev–Trinajstić information content (AvgIpc) is 3.08. The quantitative estimate of drug-likeness (QED) is 0.890. The van der Waals surface area contributed by atoms with Gasteiger partial charge in [0.2, 0.25) is 0 Å². The van der Waals surface area contributed by atoms with Crippen LogP contribution in [0.5, 0.6) is 11.5 Å². The molecule has 0 amide bonds. The van der Waals surface area contributed by atoms with Crippen LogP contribution in [0.1, 0.15) is 36.0 Å². The third kappa shape index (κ3) is 3.47. The highest BCUT2D eigenvalue weighted by Crippen LogP contribution is 2.31. The minimum Gasteiger partial charge on any atom is -0.497 e. The largest absolute Gasteiger partial charge is 0.497 e. The van der Waals surface area contributed by atoms with E-state index in [1.165, 1.54) is 0 Å². The molecule has 4 nitrogen and oxygen atoms in total. The number of rotatable bonds is 5. The van der Waals surface area contributed by atoms with Crippen molar-refractivity contribution in [2.45, 2.75) is 31.8 Å². The summed E-state index contributed by atoms with van der Waals surface area (Å²) in [6.07, 6.45) is 4.42. The van der Waals surface area contributed by atoms with E-state index in [9.17, 15) is 9.90 Å². The summed E-state index contributed by atoms with van der Waals surface area (Å²) >= 11 is 0. The fraction of sp³-hybridized carbons (Fsp3) is 0.316. The van der Waals surface area contributed by atoms with E-state index in [1.54, 1.807) is 19.2 Å². The molecule has 23 heavy (non-hydrogen) atoms. The normalized spacial score (nSPS) is 14.7. The fourth-order valence-electron chi connectivity index (χ4n) is 2.97. The van der Waals surface area contributed by atoms with Crippen molar-refractivity contribution in [2.24, 2.45) is 0 Å². The smallest absolute Gasteiger partial charge is 0.339 e. The third-order valence-corrected chi connectivity index (χ3v) is 4.21. The van der Waals surface area contributed by atoms with Gasteiger partial charge >= 0.3 is 5.97 Å². The molecular weight excluding hydrogens is 292 g/mol. The Bertz CT molecular complexity index is 702. The molecule has 0 saturated heterocycles. The summed E-state index contributed by atoms with van der Waals surface area (Å²) in [6.45, 7) is 0. The molecule has 2 aromatic carbocycles. The highest BCUT2D eigenvalue weighted by atomic mass is 16.5. The maximum Gasteiger partial charge on any atom is 0.339 e. The van der Waals surface area contributed by atoms with Crippen LogP contribution in [0.15, 0.2) is 42.5 Å². The zero-order valence-corrected chi connectivity index (χ0v) is 13.1. The van der Waals surface area contributed by atoms with Crippen molar-refractivity contribution < 1.29 is 19.4 Å². The third-order valence-electron chi connectivity index (χ3n) is 4.21. The van der Waals surface area contributed by atoms with Crippen LogP contribution in [0.4, 0.5) is 0 Å². The fourth-order valence-corrected chi connectivity index (χ4v) is 2.97. The minimum atomic E-state index is -0.970. The van der Waals surface area contributed by atoms with Crippen LogP contribution in [-0.4, -0.2) is 24.3 Å². The summed E-state index contributed by atoms with van der Waals surface area (Å²) < 4.78 is 11.1. The van der Waals surface area contributed by atoms with Gasteiger partial charge in [-0.3, -0.25) is 0 Å². The van der Waals surface area contributed by atoms with Gasteiger partial charge < -0.3 is 14.6 Å². The Balaban J connectivity index is 1.93. The number of carboxylic acids is 1. The van der Waals surface area contributed by atoms with Crippen molar-refractivity contribution in [1.82, 2.24) is 0 Å². The average molecular weight is 312 g/mol. The van der Waals surface area contributed by atoms with E-state index in [1.807, 2.05) is 30.3 Å². The first kappa shape index (κ1) is 15.4. The lowest BCUT2D eigenvalue weighted by Gasteiger charge is -2.16. The lowest BCUT2D eigenvalue weighted by Crippen LogP contribution is -2.13. The molecule has 1 aliphatic carbocycles. The van der Waals surface area contributed by atoms with E-state index >= 15 is 0 Å².